The van der Waals surface area contributed by atoms with E-state index in [1.807, 2.05) is 0 Å². The first-order valence-corrected chi connectivity index (χ1v) is 4.92. The summed E-state index contributed by atoms with van der Waals surface area (Å²) in [7, 11) is 0. The highest BCUT2D eigenvalue weighted by molar-refractivity contribution is 9.06. The van der Waals surface area contributed by atoms with E-state index in [0.29, 0.717) is 11.8 Å². The van der Waals surface area contributed by atoms with Crippen molar-refractivity contribution in [1.29, 1.82) is 0 Å². The first-order valence-electron chi connectivity index (χ1n) is 4.27. The first kappa shape index (κ1) is 11.9. The summed E-state index contributed by atoms with van der Waals surface area (Å²) >= 11 is 2.66. The van der Waals surface area contributed by atoms with E-state index >= 15 is 0 Å². The molecule has 0 aromatic heterocycles. The monoisotopic (exact) mass is 236 g/mol. The average Bonchev–Trinajstić information content (AvgIpc) is 1.96. The quantitative estimate of drug-likeness (QED) is 0.700. The summed E-state index contributed by atoms with van der Waals surface area (Å²) in [5.41, 5.74) is 0.373. The van der Waals surface area contributed by atoms with Gasteiger partial charge in [0, 0.05) is 6.42 Å². The van der Waals surface area contributed by atoms with Gasteiger partial charge in [-0.1, -0.05) is 27.2 Å². The fraction of sp³-hybridized carbons (Fsp3) is 0.889. The third-order valence-electron chi connectivity index (χ3n) is 1.64. The van der Waals surface area contributed by atoms with Crippen LogP contribution in [-0.2, 0) is 8.62 Å². The van der Waals surface area contributed by atoms with Crippen molar-refractivity contribution in [1.82, 2.24) is 0 Å². The molecule has 0 aliphatic heterocycles. The zero-order valence-corrected chi connectivity index (χ0v) is 9.61. The lowest BCUT2D eigenvalue weighted by Gasteiger charge is -2.16. The highest BCUT2D eigenvalue weighted by Gasteiger charge is 2.09. The van der Waals surface area contributed by atoms with Crippen molar-refractivity contribution in [3.63, 3.8) is 0 Å². The van der Waals surface area contributed by atoms with Crippen molar-refractivity contribution < 1.29 is 8.62 Å². The molecule has 0 amide bonds. The first-order chi connectivity index (χ1) is 5.45. The Morgan fingerprint density at radius 3 is 2.33 bits per heavy atom. The zero-order valence-electron chi connectivity index (χ0n) is 8.02. The molecule has 12 heavy (non-hydrogen) atoms. The molecule has 0 aliphatic rings. The second kappa shape index (κ2) is 5.57. The van der Waals surface area contributed by atoms with E-state index in [2.05, 4.69) is 40.9 Å². The molecule has 0 N–H and O–H groups in total. The van der Waals surface area contributed by atoms with Crippen LogP contribution in [0, 0.1) is 5.41 Å². The summed E-state index contributed by atoms with van der Waals surface area (Å²) < 4.78 is 4.36. The number of halogens is 1. The van der Waals surface area contributed by atoms with Crippen LogP contribution in [0.1, 0.15) is 46.5 Å². The predicted octanol–water partition coefficient (Wildman–Crippen LogP) is 3.45. The highest BCUT2D eigenvalue weighted by Crippen LogP contribution is 2.22. The second-order valence-electron chi connectivity index (χ2n) is 4.22. The predicted molar refractivity (Wildman–Crippen MR) is 52.9 cm³/mol. The van der Waals surface area contributed by atoms with Crippen LogP contribution in [0.5, 0.6) is 0 Å². The molecule has 0 bridgehead atoms. The molecular weight excluding hydrogens is 220 g/mol. The van der Waals surface area contributed by atoms with Gasteiger partial charge in [-0.2, -0.15) is 0 Å². The van der Waals surface area contributed by atoms with Gasteiger partial charge in [-0.15, -0.1) is 0 Å². The number of hydrogen-bond donors (Lipinski definition) is 0. The standard InChI is InChI=1S/C9H17BrO2/c1-9(2,3)7-5-4-6-8(11)12-10/h4-7H2,1-3H3. The number of rotatable bonds is 4. The topological polar surface area (TPSA) is 26.3 Å². The Labute approximate surface area is 83.1 Å². The van der Waals surface area contributed by atoms with Crippen molar-refractivity contribution >= 4 is 22.2 Å². The van der Waals surface area contributed by atoms with Crippen LogP contribution < -0.4 is 0 Å². The molecule has 2 nitrogen and oxygen atoms in total. The summed E-state index contributed by atoms with van der Waals surface area (Å²) in [5, 5.41) is 0. The van der Waals surface area contributed by atoms with Crippen LogP contribution in [0.3, 0.4) is 0 Å². The van der Waals surface area contributed by atoms with E-state index in [-0.39, 0.29) is 5.97 Å². The molecule has 0 heterocycles. The molecule has 0 aliphatic carbocycles. The lowest BCUT2D eigenvalue weighted by Crippen LogP contribution is -2.05. The van der Waals surface area contributed by atoms with E-state index in [1.165, 1.54) is 0 Å². The van der Waals surface area contributed by atoms with Crippen LogP contribution in [0.4, 0.5) is 0 Å². The van der Waals surface area contributed by atoms with Gasteiger partial charge in [0.2, 0.25) is 0 Å². The number of unbranched alkanes of at least 4 members (excludes halogenated alkanes) is 1. The Hall–Kier alpha value is -0.0500. The van der Waals surface area contributed by atoms with Gasteiger partial charge in [-0.05, 0) is 18.3 Å². The fourth-order valence-electron chi connectivity index (χ4n) is 0.963. The molecule has 0 spiro atoms. The van der Waals surface area contributed by atoms with Gasteiger partial charge >= 0.3 is 5.97 Å². The normalized spacial score (nSPS) is 11.3. The van der Waals surface area contributed by atoms with Crippen molar-refractivity contribution in [2.24, 2.45) is 5.41 Å². The van der Waals surface area contributed by atoms with Crippen LogP contribution in [-0.4, -0.2) is 5.97 Å². The molecule has 3 heteroatoms. The Kier molecular flexibility index (Phi) is 5.55. The van der Waals surface area contributed by atoms with Gasteiger partial charge in [0.1, 0.15) is 0 Å². The largest absolute Gasteiger partial charge is 0.384 e. The molecule has 72 valence electrons. The third-order valence-corrected chi connectivity index (χ3v) is 2.00. The van der Waals surface area contributed by atoms with Crippen LogP contribution >= 0.6 is 16.3 Å². The molecule has 0 radical (unpaired) electrons. The summed E-state index contributed by atoms with van der Waals surface area (Å²) in [6.45, 7) is 6.61. The van der Waals surface area contributed by atoms with Gasteiger partial charge in [0.25, 0.3) is 0 Å². The minimum absolute atomic E-state index is 0.177. The Morgan fingerprint density at radius 1 is 1.33 bits per heavy atom. The second-order valence-corrected chi connectivity index (χ2v) is 4.54. The summed E-state index contributed by atoms with van der Waals surface area (Å²) in [4.78, 5) is 10.7. The fourth-order valence-corrected chi connectivity index (χ4v) is 1.13. The number of carbonyl (C=O) groups is 1. The van der Waals surface area contributed by atoms with Crippen molar-refractivity contribution in [3.8, 4) is 0 Å². The molecule has 0 saturated heterocycles. The smallest absolute Gasteiger partial charge is 0.317 e. The highest BCUT2D eigenvalue weighted by atomic mass is 79.9. The van der Waals surface area contributed by atoms with E-state index in [9.17, 15) is 4.79 Å². The summed E-state index contributed by atoms with van der Waals surface area (Å²) in [6.07, 6.45) is 3.68. The van der Waals surface area contributed by atoms with Gasteiger partial charge in [0.05, 0.1) is 0 Å². The summed E-state index contributed by atoms with van der Waals surface area (Å²) in [5.74, 6) is -0.177. The van der Waals surface area contributed by atoms with E-state index in [4.69, 9.17) is 0 Å². The van der Waals surface area contributed by atoms with Gasteiger partial charge < -0.3 is 3.83 Å². The maximum Gasteiger partial charge on any atom is 0.317 e. The molecule has 0 atom stereocenters. The van der Waals surface area contributed by atoms with Crippen LogP contribution in [0.2, 0.25) is 0 Å². The molecule has 0 saturated carbocycles. The summed E-state index contributed by atoms with van der Waals surface area (Å²) in [6, 6.07) is 0. The number of hydrogen-bond acceptors (Lipinski definition) is 2. The van der Waals surface area contributed by atoms with Crippen LogP contribution in [0.15, 0.2) is 0 Å². The zero-order chi connectivity index (χ0) is 9.61. The molecule has 0 unspecified atom stereocenters. The van der Waals surface area contributed by atoms with E-state index in [1.54, 1.807) is 0 Å². The minimum atomic E-state index is -0.177. The maximum atomic E-state index is 10.7. The molecule has 0 fully saturated rings. The Balaban J connectivity index is 3.28. The third kappa shape index (κ3) is 8.05. The van der Waals surface area contributed by atoms with Crippen molar-refractivity contribution in [2.45, 2.75) is 46.5 Å². The van der Waals surface area contributed by atoms with E-state index in [0.717, 1.165) is 19.3 Å². The molecular formula is C9H17BrO2. The Morgan fingerprint density at radius 2 is 1.92 bits per heavy atom. The molecule has 0 aromatic rings. The average molecular weight is 237 g/mol. The number of carbonyl (C=O) groups excluding carboxylic acids is 1. The SMILES string of the molecule is CC(C)(C)CCCCC(=O)OBr. The minimum Gasteiger partial charge on any atom is -0.384 e. The van der Waals surface area contributed by atoms with Crippen molar-refractivity contribution in [2.75, 3.05) is 0 Å². The van der Waals surface area contributed by atoms with Gasteiger partial charge in [-0.25, -0.2) is 0 Å². The van der Waals surface area contributed by atoms with Crippen LogP contribution in [0.25, 0.3) is 0 Å². The van der Waals surface area contributed by atoms with Crippen molar-refractivity contribution in [3.05, 3.63) is 0 Å². The Bertz CT molecular complexity index is 138. The van der Waals surface area contributed by atoms with Gasteiger partial charge in [-0.3, -0.25) is 4.79 Å². The lowest BCUT2D eigenvalue weighted by atomic mass is 9.89. The van der Waals surface area contributed by atoms with Gasteiger partial charge in [0.15, 0.2) is 16.3 Å². The lowest BCUT2D eigenvalue weighted by molar-refractivity contribution is -0.132. The molecule has 0 rings (SSSR count). The molecule has 0 aromatic carbocycles. The van der Waals surface area contributed by atoms with E-state index < -0.39 is 0 Å². The maximum absolute atomic E-state index is 10.7.